The molecule has 1 aromatic carbocycles. The maximum absolute atomic E-state index is 12.1. The van der Waals surface area contributed by atoms with Gasteiger partial charge in [0.1, 0.15) is 0 Å². The Balaban J connectivity index is 2.35. The van der Waals surface area contributed by atoms with Crippen molar-refractivity contribution in [2.45, 2.75) is 13.8 Å². The molecule has 3 heteroatoms. The zero-order chi connectivity index (χ0) is 11.7. The number of benzene rings is 1. The van der Waals surface area contributed by atoms with E-state index in [0.29, 0.717) is 0 Å². The van der Waals surface area contributed by atoms with Crippen LogP contribution < -0.4 is 0 Å². The largest absolute Gasteiger partial charge is 0.288 e. The Morgan fingerprint density at radius 1 is 1.19 bits per heavy atom. The van der Waals surface area contributed by atoms with Crippen molar-refractivity contribution < 1.29 is 4.79 Å². The summed E-state index contributed by atoms with van der Waals surface area (Å²) >= 11 is 4.95. The van der Waals surface area contributed by atoms with Gasteiger partial charge in [0.25, 0.3) is 0 Å². The Morgan fingerprint density at radius 3 is 2.31 bits per heavy atom. The molecule has 0 amide bonds. The number of ketones is 1. The van der Waals surface area contributed by atoms with Crippen molar-refractivity contribution in [2.24, 2.45) is 0 Å². The first-order valence-corrected chi connectivity index (χ1v) is 6.56. The highest BCUT2D eigenvalue weighted by Crippen LogP contribution is 2.28. The molecule has 0 atom stereocenters. The predicted octanol–water partition coefficient (Wildman–Crippen LogP) is 4.36. The van der Waals surface area contributed by atoms with Crippen LogP contribution in [0, 0.1) is 13.8 Å². The molecule has 0 spiro atoms. The number of rotatable bonds is 2. The minimum atomic E-state index is 0.0961. The Labute approximate surface area is 107 Å². The molecular formula is C13H11BrOS. The molecular weight excluding hydrogens is 284 g/mol. The van der Waals surface area contributed by atoms with Crippen LogP contribution in [-0.4, -0.2) is 5.78 Å². The summed E-state index contributed by atoms with van der Waals surface area (Å²) in [7, 11) is 0. The van der Waals surface area contributed by atoms with Crippen LogP contribution in [0.5, 0.6) is 0 Å². The quantitative estimate of drug-likeness (QED) is 0.752. The van der Waals surface area contributed by atoms with E-state index >= 15 is 0 Å². The van der Waals surface area contributed by atoms with E-state index in [1.54, 1.807) is 0 Å². The molecule has 0 saturated heterocycles. The molecule has 0 aliphatic carbocycles. The molecule has 0 aliphatic heterocycles. The first kappa shape index (κ1) is 11.6. The minimum absolute atomic E-state index is 0.0961. The smallest absolute Gasteiger partial charge is 0.202 e. The van der Waals surface area contributed by atoms with Gasteiger partial charge >= 0.3 is 0 Å². The number of hydrogen-bond acceptors (Lipinski definition) is 2. The van der Waals surface area contributed by atoms with E-state index in [1.807, 2.05) is 44.2 Å². The highest BCUT2D eigenvalue weighted by atomic mass is 79.9. The SMILES string of the molecule is Cc1ccc(C(=O)c2cc(Br)c(C)s2)cc1. The van der Waals surface area contributed by atoms with Gasteiger partial charge in [0, 0.05) is 14.9 Å². The van der Waals surface area contributed by atoms with Crippen molar-refractivity contribution in [3.63, 3.8) is 0 Å². The van der Waals surface area contributed by atoms with Crippen LogP contribution in [0.1, 0.15) is 25.7 Å². The van der Waals surface area contributed by atoms with Gasteiger partial charge < -0.3 is 0 Å². The summed E-state index contributed by atoms with van der Waals surface area (Å²) in [4.78, 5) is 14.0. The van der Waals surface area contributed by atoms with Crippen LogP contribution in [0.15, 0.2) is 34.8 Å². The van der Waals surface area contributed by atoms with Gasteiger partial charge in [0.2, 0.25) is 5.78 Å². The Morgan fingerprint density at radius 2 is 1.81 bits per heavy atom. The highest BCUT2D eigenvalue weighted by Gasteiger charge is 2.12. The van der Waals surface area contributed by atoms with E-state index in [1.165, 1.54) is 16.9 Å². The second-order valence-corrected chi connectivity index (χ2v) is 5.82. The summed E-state index contributed by atoms with van der Waals surface area (Å²) < 4.78 is 1.01. The standard InChI is InChI=1S/C13H11BrOS/c1-8-3-5-10(6-4-8)13(15)12-7-11(14)9(2)16-12/h3-7H,1-2H3. The van der Waals surface area contributed by atoms with Gasteiger partial charge in [0.15, 0.2) is 0 Å². The molecule has 0 bridgehead atoms. The first-order chi connectivity index (χ1) is 7.58. The molecule has 1 nitrogen and oxygen atoms in total. The molecule has 82 valence electrons. The van der Waals surface area contributed by atoms with Crippen LogP contribution in [0.2, 0.25) is 0 Å². The van der Waals surface area contributed by atoms with Gasteiger partial charge in [-0.3, -0.25) is 4.79 Å². The number of carbonyl (C=O) groups is 1. The lowest BCUT2D eigenvalue weighted by atomic mass is 10.1. The summed E-state index contributed by atoms with van der Waals surface area (Å²) in [5.74, 6) is 0.0961. The molecule has 0 unspecified atom stereocenters. The van der Waals surface area contributed by atoms with Crippen LogP contribution in [0.4, 0.5) is 0 Å². The van der Waals surface area contributed by atoms with Gasteiger partial charge in [-0.2, -0.15) is 0 Å². The van der Waals surface area contributed by atoms with E-state index in [2.05, 4.69) is 15.9 Å². The van der Waals surface area contributed by atoms with Crippen molar-refractivity contribution in [3.8, 4) is 0 Å². The predicted molar refractivity (Wildman–Crippen MR) is 71.4 cm³/mol. The molecule has 1 aromatic heterocycles. The van der Waals surface area contributed by atoms with Crippen molar-refractivity contribution in [1.29, 1.82) is 0 Å². The van der Waals surface area contributed by atoms with Crippen LogP contribution in [0.25, 0.3) is 0 Å². The summed E-state index contributed by atoms with van der Waals surface area (Å²) in [5, 5.41) is 0. The third kappa shape index (κ3) is 2.25. The molecule has 2 aromatic rings. The fourth-order valence-electron chi connectivity index (χ4n) is 1.42. The topological polar surface area (TPSA) is 17.1 Å². The highest BCUT2D eigenvalue weighted by molar-refractivity contribution is 9.10. The zero-order valence-electron chi connectivity index (χ0n) is 9.08. The summed E-state index contributed by atoms with van der Waals surface area (Å²) in [6.45, 7) is 4.01. The molecule has 0 radical (unpaired) electrons. The molecule has 2 rings (SSSR count). The average Bonchev–Trinajstić information content (AvgIpc) is 2.59. The lowest BCUT2D eigenvalue weighted by molar-refractivity contribution is 0.104. The fraction of sp³-hybridized carbons (Fsp3) is 0.154. The van der Waals surface area contributed by atoms with E-state index in [0.717, 1.165) is 19.8 Å². The summed E-state index contributed by atoms with van der Waals surface area (Å²) in [5.41, 5.74) is 1.92. The minimum Gasteiger partial charge on any atom is -0.288 e. The maximum Gasteiger partial charge on any atom is 0.202 e. The second kappa shape index (κ2) is 4.52. The van der Waals surface area contributed by atoms with E-state index in [4.69, 9.17) is 0 Å². The van der Waals surface area contributed by atoms with Crippen LogP contribution >= 0.6 is 27.3 Å². The van der Waals surface area contributed by atoms with Gasteiger partial charge in [-0.15, -0.1) is 11.3 Å². The molecule has 1 heterocycles. The monoisotopic (exact) mass is 294 g/mol. The summed E-state index contributed by atoms with van der Waals surface area (Å²) in [6.07, 6.45) is 0. The van der Waals surface area contributed by atoms with Crippen molar-refractivity contribution in [3.05, 3.63) is 55.7 Å². The Bertz CT molecular complexity index is 506. The Hall–Kier alpha value is -0.930. The van der Waals surface area contributed by atoms with E-state index in [-0.39, 0.29) is 5.78 Å². The number of carbonyl (C=O) groups excluding carboxylic acids is 1. The third-order valence-electron chi connectivity index (χ3n) is 2.39. The number of aryl methyl sites for hydroxylation is 2. The van der Waals surface area contributed by atoms with E-state index in [9.17, 15) is 4.79 Å². The van der Waals surface area contributed by atoms with Gasteiger partial charge in [-0.1, -0.05) is 29.8 Å². The van der Waals surface area contributed by atoms with E-state index < -0.39 is 0 Å². The molecule has 16 heavy (non-hydrogen) atoms. The number of halogens is 1. The fourth-order valence-corrected chi connectivity index (χ4v) is 2.92. The van der Waals surface area contributed by atoms with Gasteiger partial charge in [0.05, 0.1) is 4.88 Å². The Kier molecular flexibility index (Phi) is 3.26. The zero-order valence-corrected chi connectivity index (χ0v) is 11.5. The lowest BCUT2D eigenvalue weighted by Crippen LogP contribution is -1.97. The number of thiophene rings is 1. The van der Waals surface area contributed by atoms with Crippen molar-refractivity contribution >= 4 is 33.0 Å². The van der Waals surface area contributed by atoms with Crippen molar-refractivity contribution in [1.82, 2.24) is 0 Å². The average molecular weight is 295 g/mol. The van der Waals surface area contributed by atoms with Crippen molar-refractivity contribution in [2.75, 3.05) is 0 Å². The maximum atomic E-state index is 12.1. The molecule has 0 fully saturated rings. The number of hydrogen-bond donors (Lipinski definition) is 0. The molecule has 0 saturated carbocycles. The van der Waals surface area contributed by atoms with Gasteiger partial charge in [-0.25, -0.2) is 0 Å². The van der Waals surface area contributed by atoms with Crippen LogP contribution in [-0.2, 0) is 0 Å². The first-order valence-electron chi connectivity index (χ1n) is 4.95. The second-order valence-electron chi connectivity index (χ2n) is 3.71. The third-order valence-corrected chi connectivity index (χ3v) is 4.53. The summed E-state index contributed by atoms with van der Waals surface area (Å²) in [6, 6.07) is 9.56. The van der Waals surface area contributed by atoms with Gasteiger partial charge in [-0.05, 0) is 35.8 Å². The van der Waals surface area contributed by atoms with Crippen LogP contribution in [0.3, 0.4) is 0 Å². The molecule has 0 aliphatic rings. The lowest BCUT2D eigenvalue weighted by Gasteiger charge is -1.98. The molecule has 0 N–H and O–H groups in total. The normalized spacial score (nSPS) is 10.4.